The summed E-state index contributed by atoms with van der Waals surface area (Å²) in [6, 6.07) is 0. The van der Waals surface area contributed by atoms with Gasteiger partial charge >= 0.3 is 0 Å². The highest BCUT2D eigenvalue weighted by atomic mass is 14.8. The minimum atomic E-state index is 0.684. The van der Waals surface area contributed by atoms with E-state index in [2.05, 4.69) is 23.2 Å². The number of nitrogens with zero attached hydrogens (tertiary/aromatic N) is 2. The molecule has 0 N–H and O–H groups in total. The van der Waals surface area contributed by atoms with Crippen LogP contribution in [0.2, 0.25) is 0 Å². The summed E-state index contributed by atoms with van der Waals surface area (Å²) >= 11 is 0. The molecule has 2 nitrogen and oxygen atoms in total. The predicted molar refractivity (Wildman–Crippen MR) is 46.8 cm³/mol. The van der Waals surface area contributed by atoms with Crippen LogP contribution in [0.3, 0.4) is 0 Å². The summed E-state index contributed by atoms with van der Waals surface area (Å²) in [7, 11) is 0. The molecule has 0 spiro atoms. The van der Waals surface area contributed by atoms with Crippen molar-refractivity contribution in [3.63, 3.8) is 0 Å². The fourth-order valence-corrected chi connectivity index (χ4v) is 1.98. The van der Waals surface area contributed by atoms with Gasteiger partial charge in [-0.3, -0.25) is 0 Å². The highest BCUT2D eigenvalue weighted by Crippen LogP contribution is 2.33. The molecule has 1 radical (unpaired) electrons. The van der Waals surface area contributed by atoms with Crippen molar-refractivity contribution in [2.75, 3.05) is 0 Å². The zero-order valence-electron chi connectivity index (χ0n) is 7.38. The lowest BCUT2D eigenvalue weighted by Crippen LogP contribution is -2.00. The van der Waals surface area contributed by atoms with Gasteiger partial charge in [-0.2, -0.15) is 0 Å². The van der Waals surface area contributed by atoms with Crippen molar-refractivity contribution in [1.82, 2.24) is 9.97 Å². The minimum absolute atomic E-state index is 0.684. The SMILES string of the molecule is Cc1cn[c]nc1C1CCCC1. The lowest BCUT2D eigenvalue weighted by atomic mass is 10.0. The van der Waals surface area contributed by atoms with E-state index in [0.717, 1.165) is 0 Å². The van der Waals surface area contributed by atoms with E-state index in [-0.39, 0.29) is 0 Å². The fraction of sp³-hybridized carbons (Fsp3) is 0.600. The fourth-order valence-electron chi connectivity index (χ4n) is 1.98. The van der Waals surface area contributed by atoms with Gasteiger partial charge in [0.15, 0.2) is 6.33 Å². The molecule has 1 aliphatic rings. The summed E-state index contributed by atoms with van der Waals surface area (Å²) < 4.78 is 0. The van der Waals surface area contributed by atoms with Crippen molar-refractivity contribution < 1.29 is 0 Å². The summed E-state index contributed by atoms with van der Waals surface area (Å²) in [5, 5.41) is 0. The Morgan fingerprint density at radius 1 is 1.42 bits per heavy atom. The maximum Gasteiger partial charge on any atom is 0.197 e. The first kappa shape index (κ1) is 7.71. The third kappa shape index (κ3) is 1.33. The molecule has 1 fully saturated rings. The number of hydrogen-bond donors (Lipinski definition) is 0. The number of aromatic nitrogens is 2. The van der Waals surface area contributed by atoms with Gasteiger partial charge in [-0.1, -0.05) is 12.8 Å². The summed E-state index contributed by atoms with van der Waals surface area (Å²) in [4.78, 5) is 8.10. The molecule has 0 bridgehead atoms. The molecule has 12 heavy (non-hydrogen) atoms. The summed E-state index contributed by atoms with van der Waals surface area (Å²) in [5.74, 6) is 0.684. The number of hydrogen-bond acceptors (Lipinski definition) is 2. The Morgan fingerprint density at radius 2 is 2.17 bits per heavy atom. The van der Waals surface area contributed by atoms with E-state index in [1.165, 1.54) is 36.9 Å². The maximum atomic E-state index is 4.22. The quantitative estimate of drug-likeness (QED) is 0.631. The van der Waals surface area contributed by atoms with Gasteiger partial charge in [-0.15, -0.1) is 0 Å². The molecule has 1 aliphatic carbocycles. The van der Waals surface area contributed by atoms with Gasteiger partial charge in [0.25, 0.3) is 0 Å². The second-order valence-corrected chi connectivity index (χ2v) is 3.52. The molecule has 2 heteroatoms. The van der Waals surface area contributed by atoms with Gasteiger partial charge in [0, 0.05) is 12.1 Å². The maximum absolute atomic E-state index is 4.22. The second-order valence-electron chi connectivity index (χ2n) is 3.52. The molecule has 0 unspecified atom stereocenters. The minimum Gasteiger partial charge on any atom is -0.234 e. The van der Waals surface area contributed by atoms with Gasteiger partial charge in [-0.25, -0.2) is 9.97 Å². The Morgan fingerprint density at radius 3 is 2.83 bits per heavy atom. The van der Waals surface area contributed by atoms with Gasteiger partial charge in [0.1, 0.15) is 0 Å². The lowest BCUT2D eigenvalue weighted by molar-refractivity contribution is 0.686. The average molecular weight is 161 g/mol. The van der Waals surface area contributed by atoms with E-state index in [9.17, 15) is 0 Å². The zero-order chi connectivity index (χ0) is 8.39. The highest BCUT2D eigenvalue weighted by molar-refractivity contribution is 5.18. The van der Waals surface area contributed by atoms with E-state index < -0.39 is 0 Å². The first-order valence-corrected chi connectivity index (χ1v) is 4.57. The first-order valence-electron chi connectivity index (χ1n) is 4.57. The largest absolute Gasteiger partial charge is 0.234 e. The Balaban J connectivity index is 2.26. The molecule has 0 atom stereocenters. The van der Waals surface area contributed by atoms with Crippen molar-refractivity contribution in [2.45, 2.75) is 38.5 Å². The van der Waals surface area contributed by atoms with Crippen molar-refractivity contribution in [1.29, 1.82) is 0 Å². The van der Waals surface area contributed by atoms with Gasteiger partial charge in [0.2, 0.25) is 0 Å². The van der Waals surface area contributed by atoms with Crippen molar-refractivity contribution >= 4 is 0 Å². The molecule has 2 rings (SSSR count). The van der Waals surface area contributed by atoms with Crippen LogP contribution in [0, 0.1) is 13.3 Å². The highest BCUT2D eigenvalue weighted by Gasteiger charge is 2.19. The molecule has 0 amide bonds. The molecular formula is C10H13N2. The first-order chi connectivity index (χ1) is 5.88. The Bertz CT molecular complexity index is 264. The third-order valence-corrected chi connectivity index (χ3v) is 2.63. The molecule has 0 aromatic carbocycles. The summed E-state index contributed by atoms with van der Waals surface area (Å²) in [5.41, 5.74) is 2.45. The van der Waals surface area contributed by atoms with Crippen LogP contribution in [-0.4, -0.2) is 9.97 Å². The normalized spacial score (nSPS) is 18.4. The zero-order valence-corrected chi connectivity index (χ0v) is 7.38. The van der Waals surface area contributed by atoms with Crippen LogP contribution >= 0.6 is 0 Å². The molecule has 63 valence electrons. The molecule has 1 saturated carbocycles. The second kappa shape index (κ2) is 3.21. The molecule has 1 aromatic rings. The van der Waals surface area contributed by atoms with Crippen molar-refractivity contribution in [3.8, 4) is 0 Å². The smallest absolute Gasteiger partial charge is 0.197 e. The van der Waals surface area contributed by atoms with Crippen LogP contribution in [0.1, 0.15) is 42.9 Å². The van der Waals surface area contributed by atoms with Crippen LogP contribution in [0.5, 0.6) is 0 Å². The lowest BCUT2D eigenvalue weighted by Gasteiger charge is -2.09. The monoisotopic (exact) mass is 161 g/mol. The summed E-state index contributed by atoms with van der Waals surface area (Å²) in [6.45, 7) is 2.08. The Labute approximate surface area is 73.1 Å². The Kier molecular flexibility index (Phi) is 2.07. The van der Waals surface area contributed by atoms with E-state index in [4.69, 9.17) is 0 Å². The van der Waals surface area contributed by atoms with Crippen LogP contribution in [0.25, 0.3) is 0 Å². The molecule has 1 heterocycles. The molecule has 0 aliphatic heterocycles. The van der Waals surface area contributed by atoms with Crippen LogP contribution < -0.4 is 0 Å². The van der Waals surface area contributed by atoms with Crippen molar-refractivity contribution in [2.24, 2.45) is 0 Å². The van der Waals surface area contributed by atoms with Crippen molar-refractivity contribution in [3.05, 3.63) is 23.8 Å². The van der Waals surface area contributed by atoms with E-state index in [1.807, 2.05) is 6.20 Å². The standard InChI is InChI=1S/C10H13N2/c1-8-6-11-7-12-10(8)9-4-2-3-5-9/h6,9H,2-5H2,1H3. The molecule has 0 saturated heterocycles. The number of rotatable bonds is 1. The van der Waals surface area contributed by atoms with Gasteiger partial charge < -0.3 is 0 Å². The van der Waals surface area contributed by atoms with Crippen LogP contribution in [-0.2, 0) is 0 Å². The van der Waals surface area contributed by atoms with Gasteiger partial charge in [-0.05, 0) is 25.3 Å². The van der Waals surface area contributed by atoms with Crippen LogP contribution in [0.15, 0.2) is 6.20 Å². The topological polar surface area (TPSA) is 25.8 Å². The Hall–Kier alpha value is -0.920. The molecule has 1 aromatic heterocycles. The number of aryl methyl sites for hydroxylation is 1. The molecular weight excluding hydrogens is 148 g/mol. The average Bonchev–Trinajstić information content (AvgIpc) is 2.57. The van der Waals surface area contributed by atoms with Gasteiger partial charge in [0.05, 0.1) is 5.69 Å². The van der Waals surface area contributed by atoms with E-state index in [1.54, 1.807) is 0 Å². The van der Waals surface area contributed by atoms with E-state index >= 15 is 0 Å². The predicted octanol–water partition coefficient (Wildman–Crippen LogP) is 2.24. The summed E-state index contributed by atoms with van der Waals surface area (Å²) in [6.07, 6.45) is 9.85. The third-order valence-electron chi connectivity index (χ3n) is 2.63. The van der Waals surface area contributed by atoms with Crippen LogP contribution in [0.4, 0.5) is 0 Å². The van der Waals surface area contributed by atoms with E-state index in [0.29, 0.717) is 5.92 Å².